The van der Waals surface area contributed by atoms with Crippen LogP contribution in [-0.4, -0.2) is 24.3 Å². The Morgan fingerprint density at radius 2 is 1.88 bits per heavy atom. The molecule has 4 atom stereocenters. The highest BCUT2D eigenvalue weighted by molar-refractivity contribution is 6.21. The third-order valence-electron chi connectivity index (χ3n) is 8.12. The van der Waals surface area contributed by atoms with Gasteiger partial charge in [-0.25, -0.2) is 0 Å². The first-order chi connectivity index (χ1) is 12.2. The summed E-state index contributed by atoms with van der Waals surface area (Å²) in [6.45, 7) is 9.27. The van der Waals surface area contributed by atoms with Crippen LogP contribution < -0.4 is 0 Å². The first-order valence-electron chi connectivity index (χ1n) is 9.93. The molecular weight excluding hydrogens is 328 g/mol. The Hall–Kier alpha value is -1.58. The minimum absolute atomic E-state index is 0.140. The Kier molecular flexibility index (Phi) is 3.74. The molecule has 4 heteroatoms. The highest BCUT2D eigenvalue weighted by Crippen LogP contribution is 2.67. The molecule has 0 unspecified atom stereocenters. The Labute approximate surface area is 156 Å². The van der Waals surface area contributed by atoms with E-state index in [1.54, 1.807) is 0 Å². The Morgan fingerprint density at radius 3 is 2.58 bits per heavy atom. The molecule has 3 aliphatic carbocycles. The molecule has 0 amide bonds. The number of ketones is 2. The van der Waals surface area contributed by atoms with Crippen molar-refractivity contribution < 1.29 is 19.1 Å². The number of hydrogen-bond acceptors (Lipinski definition) is 4. The second kappa shape index (κ2) is 5.46. The summed E-state index contributed by atoms with van der Waals surface area (Å²) in [4.78, 5) is 25.6. The third kappa shape index (κ3) is 2.07. The summed E-state index contributed by atoms with van der Waals surface area (Å²) >= 11 is 0. The van der Waals surface area contributed by atoms with Gasteiger partial charge in [0.15, 0.2) is 11.5 Å². The highest BCUT2D eigenvalue weighted by Gasteiger charge is 2.67. The number of carbonyl (C=O) groups excluding carboxylic acids is 2. The van der Waals surface area contributed by atoms with Crippen LogP contribution in [0.25, 0.3) is 0 Å². The maximum absolute atomic E-state index is 12.9. The van der Waals surface area contributed by atoms with E-state index in [9.17, 15) is 9.59 Å². The zero-order chi connectivity index (χ0) is 18.9. The lowest BCUT2D eigenvalue weighted by Gasteiger charge is -2.66. The highest BCUT2D eigenvalue weighted by atomic mass is 16.5. The lowest BCUT2D eigenvalue weighted by molar-refractivity contribution is -0.237. The second-order valence-corrected chi connectivity index (χ2v) is 9.67. The van der Waals surface area contributed by atoms with E-state index in [4.69, 9.17) is 9.47 Å². The van der Waals surface area contributed by atoms with Crippen molar-refractivity contribution in [1.29, 1.82) is 0 Å². The molecule has 2 fully saturated rings. The van der Waals surface area contributed by atoms with Crippen molar-refractivity contribution in [2.75, 3.05) is 7.11 Å². The van der Waals surface area contributed by atoms with Gasteiger partial charge in [-0.3, -0.25) is 9.59 Å². The molecule has 142 valence electrons. The van der Waals surface area contributed by atoms with E-state index < -0.39 is 0 Å². The van der Waals surface area contributed by atoms with Crippen LogP contribution in [0.4, 0.5) is 0 Å². The third-order valence-corrected chi connectivity index (χ3v) is 8.12. The van der Waals surface area contributed by atoms with E-state index >= 15 is 0 Å². The molecule has 1 aliphatic heterocycles. The number of rotatable bonds is 1. The molecular formula is C22H30O4. The molecule has 2 saturated carbocycles. The van der Waals surface area contributed by atoms with E-state index in [0.717, 1.165) is 25.7 Å². The number of ether oxygens (including phenoxy) is 2. The van der Waals surface area contributed by atoms with Gasteiger partial charge < -0.3 is 9.47 Å². The summed E-state index contributed by atoms with van der Waals surface area (Å²) in [6.07, 6.45) is 7.47. The van der Waals surface area contributed by atoms with Gasteiger partial charge in [-0.2, -0.15) is 0 Å². The summed E-state index contributed by atoms with van der Waals surface area (Å²) in [6, 6.07) is 0. The molecule has 0 radical (unpaired) electrons. The fourth-order valence-corrected chi connectivity index (χ4v) is 6.43. The van der Waals surface area contributed by atoms with Crippen LogP contribution in [0.5, 0.6) is 0 Å². The van der Waals surface area contributed by atoms with Crippen LogP contribution in [0.3, 0.4) is 0 Å². The van der Waals surface area contributed by atoms with Crippen molar-refractivity contribution in [3.05, 3.63) is 23.2 Å². The van der Waals surface area contributed by atoms with E-state index in [0.29, 0.717) is 29.6 Å². The van der Waals surface area contributed by atoms with Crippen molar-refractivity contribution in [2.45, 2.75) is 71.8 Å². The van der Waals surface area contributed by atoms with Crippen molar-refractivity contribution in [3.8, 4) is 0 Å². The zero-order valence-electron chi connectivity index (χ0n) is 16.6. The standard InChI is InChI=1S/C22H30O4/c1-13-7-8-17-20(2,3)9-6-10-22(17)21(13,4)12-14-18(24)16(25-5)11-15(23)19(14)26-22/h11,13,17H,6-10,12H2,1-5H3/t13-,17-,21+,22-/m1/s1. The van der Waals surface area contributed by atoms with E-state index in [1.807, 2.05) is 0 Å². The normalized spacial score (nSPS) is 41.5. The summed E-state index contributed by atoms with van der Waals surface area (Å²) in [5.74, 6) is 0.901. The van der Waals surface area contributed by atoms with Crippen LogP contribution in [0.15, 0.2) is 23.2 Å². The van der Waals surface area contributed by atoms with Gasteiger partial charge in [-0.1, -0.05) is 27.7 Å². The predicted molar refractivity (Wildman–Crippen MR) is 98.2 cm³/mol. The van der Waals surface area contributed by atoms with E-state index in [1.165, 1.54) is 19.6 Å². The maximum atomic E-state index is 12.9. The van der Waals surface area contributed by atoms with Gasteiger partial charge in [0, 0.05) is 17.4 Å². The molecule has 4 nitrogen and oxygen atoms in total. The molecule has 4 aliphatic rings. The fourth-order valence-electron chi connectivity index (χ4n) is 6.43. The molecule has 0 aromatic heterocycles. The van der Waals surface area contributed by atoms with Crippen molar-refractivity contribution >= 4 is 11.6 Å². The lowest BCUT2D eigenvalue weighted by atomic mass is 9.44. The molecule has 26 heavy (non-hydrogen) atoms. The molecule has 0 N–H and O–H groups in total. The zero-order valence-corrected chi connectivity index (χ0v) is 16.6. The number of carbonyl (C=O) groups is 2. The van der Waals surface area contributed by atoms with Crippen molar-refractivity contribution in [2.24, 2.45) is 22.7 Å². The monoisotopic (exact) mass is 358 g/mol. The number of methoxy groups -OCH3 is 1. The number of allylic oxidation sites excluding steroid dienone is 2. The van der Waals surface area contributed by atoms with Crippen LogP contribution in [0, 0.1) is 22.7 Å². The smallest absolute Gasteiger partial charge is 0.227 e. The minimum Gasteiger partial charge on any atom is -0.493 e. The first-order valence-corrected chi connectivity index (χ1v) is 9.93. The first kappa shape index (κ1) is 17.8. The van der Waals surface area contributed by atoms with Gasteiger partial charge in [-0.05, 0) is 49.9 Å². The summed E-state index contributed by atoms with van der Waals surface area (Å²) in [5.41, 5.74) is 0.226. The topological polar surface area (TPSA) is 52.6 Å². The molecule has 1 spiro atoms. The molecule has 0 aromatic rings. The summed E-state index contributed by atoms with van der Waals surface area (Å²) in [7, 11) is 1.44. The summed E-state index contributed by atoms with van der Waals surface area (Å²) < 4.78 is 11.8. The molecule has 4 rings (SSSR count). The SMILES string of the molecule is COC1=CC(=O)C2=C(C[C@@]3(C)[C@H](C)CC[C@@H]4C(C)(C)CCC[C@@]43O2)C1=O. The van der Waals surface area contributed by atoms with Gasteiger partial charge in [-0.15, -0.1) is 0 Å². The van der Waals surface area contributed by atoms with E-state index in [2.05, 4.69) is 27.7 Å². The van der Waals surface area contributed by atoms with Gasteiger partial charge in [0.2, 0.25) is 11.6 Å². The van der Waals surface area contributed by atoms with Gasteiger partial charge >= 0.3 is 0 Å². The molecule has 0 saturated heterocycles. The van der Waals surface area contributed by atoms with Gasteiger partial charge in [0.1, 0.15) is 5.60 Å². The lowest BCUT2D eigenvalue weighted by Crippen LogP contribution is -2.66. The maximum Gasteiger partial charge on any atom is 0.227 e. The van der Waals surface area contributed by atoms with Gasteiger partial charge in [0.25, 0.3) is 0 Å². The van der Waals surface area contributed by atoms with Crippen LogP contribution in [-0.2, 0) is 19.1 Å². The number of hydrogen-bond donors (Lipinski definition) is 0. The Balaban J connectivity index is 1.87. The van der Waals surface area contributed by atoms with Crippen molar-refractivity contribution in [1.82, 2.24) is 0 Å². The summed E-state index contributed by atoms with van der Waals surface area (Å²) in [5, 5.41) is 0. The van der Waals surface area contributed by atoms with Gasteiger partial charge in [0.05, 0.1) is 12.7 Å². The van der Waals surface area contributed by atoms with Crippen molar-refractivity contribution in [3.63, 3.8) is 0 Å². The fraction of sp³-hybridized carbons (Fsp3) is 0.727. The second-order valence-electron chi connectivity index (χ2n) is 9.67. The minimum atomic E-state index is -0.348. The van der Waals surface area contributed by atoms with Crippen LogP contribution in [0.1, 0.15) is 66.2 Å². The van der Waals surface area contributed by atoms with Crippen LogP contribution >= 0.6 is 0 Å². The largest absolute Gasteiger partial charge is 0.493 e. The molecule has 0 aromatic carbocycles. The predicted octanol–water partition coefficient (Wildman–Crippen LogP) is 4.34. The van der Waals surface area contributed by atoms with E-state index in [-0.39, 0.29) is 33.8 Å². The number of Topliss-reactive ketones (excluding diaryl/α,β-unsaturated/α-hetero) is 1. The molecule has 0 bridgehead atoms. The average molecular weight is 358 g/mol. The Morgan fingerprint density at radius 1 is 1.15 bits per heavy atom. The average Bonchev–Trinajstić information content (AvgIpc) is 2.58. The quantitative estimate of drug-likeness (QED) is 0.654. The molecule has 1 heterocycles. The Bertz CT molecular complexity index is 743. The van der Waals surface area contributed by atoms with Crippen LogP contribution in [0.2, 0.25) is 0 Å².